The number of aliphatic hydroxyl groups is 1. The summed E-state index contributed by atoms with van der Waals surface area (Å²) in [6, 6.07) is 18.8. The zero-order chi connectivity index (χ0) is 20.0. The van der Waals surface area contributed by atoms with Crippen molar-refractivity contribution in [3.63, 3.8) is 0 Å². The van der Waals surface area contributed by atoms with E-state index >= 15 is 0 Å². The van der Waals surface area contributed by atoms with E-state index in [-0.39, 0.29) is 24.1 Å². The van der Waals surface area contributed by atoms with Crippen molar-refractivity contribution in [2.24, 2.45) is 0 Å². The molecule has 2 aliphatic carbocycles. The number of benzene rings is 3. The molecule has 0 saturated heterocycles. The number of hydrogen-bond donors (Lipinski definition) is 1. The number of allylic oxidation sites excluding steroid dienone is 4. The molecule has 2 aliphatic rings. The van der Waals surface area contributed by atoms with E-state index in [2.05, 4.69) is 48.5 Å². The van der Waals surface area contributed by atoms with Gasteiger partial charge >= 0.3 is 0 Å². The van der Waals surface area contributed by atoms with E-state index in [9.17, 15) is 9.59 Å². The first-order chi connectivity index (χ1) is 14.2. The molecule has 0 aromatic heterocycles. The third-order valence-electron chi connectivity index (χ3n) is 5.98. The fraction of sp³-hybridized carbons (Fsp3) is 0.154. The number of hydrogen-bond acceptors (Lipinski definition) is 3. The van der Waals surface area contributed by atoms with E-state index in [0.717, 1.165) is 28.7 Å². The van der Waals surface area contributed by atoms with Crippen LogP contribution in [-0.4, -0.2) is 23.3 Å². The number of rotatable bonds is 4. The van der Waals surface area contributed by atoms with Gasteiger partial charge in [0, 0.05) is 18.1 Å². The summed E-state index contributed by atoms with van der Waals surface area (Å²) in [6.07, 6.45) is 5.62. The van der Waals surface area contributed by atoms with E-state index in [1.54, 1.807) is 0 Å². The zero-order valence-corrected chi connectivity index (χ0v) is 15.9. The molecule has 3 aromatic carbocycles. The number of carbonyl (C=O) groups is 2. The molecule has 1 unspecified atom stereocenters. The lowest BCUT2D eigenvalue weighted by Crippen LogP contribution is -2.14. The fourth-order valence-corrected chi connectivity index (χ4v) is 4.61. The highest BCUT2D eigenvalue weighted by Gasteiger charge is 2.31. The van der Waals surface area contributed by atoms with Gasteiger partial charge in [-0.1, -0.05) is 54.6 Å². The van der Waals surface area contributed by atoms with Gasteiger partial charge in [0.25, 0.3) is 0 Å². The van der Waals surface area contributed by atoms with Gasteiger partial charge in [-0.05, 0) is 69.7 Å². The van der Waals surface area contributed by atoms with Gasteiger partial charge in [0.15, 0.2) is 11.6 Å². The Balaban J connectivity index is 1.62. The molecule has 1 atom stereocenters. The second-order valence-corrected chi connectivity index (χ2v) is 7.67. The Kier molecular flexibility index (Phi) is 4.26. The normalized spacial score (nSPS) is 17.8. The minimum absolute atomic E-state index is 0.0703. The molecule has 0 bridgehead atoms. The molecule has 5 rings (SSSR count). The fourth-order valence-electron chi connectivity index (χ4n) is 4.61. The van der Waals surface area contributed by atoms with Crippen LogP contribution in [0.15, 0.2) is 78.4 Å². The number of ketones is 2. The van der Waals surface area contributed by atoms with Crippen LogP contribution >= 0.6 is 0 Å². The van der Waals surface area contributed by atoms with E-state index in [1.165, 1.54) is 34.6 Å². The largest absolute Gasteiger partial charge is 0.396 e. The predicted octanol–water partition coefficient (Wildman–Crippen LogP) is 4.32. The maximum atomic E-state index is 12.4. The van der Waals surface area contributed by atoms with E-state index in [4.69, 9.17) is 5.11 Å². The first-order valence-corrected chi connectivity index (χ1v) is 9.88. The molecule has 29 heavy (non-hydrogen) atoms. The highest BCUT2D eigenvalue weighted by atomic mass is 16.3. The monoisotopic (exact) mass is 380 g/mol. The van der Waals surface area contributed by atoms with Crippen LogP contribution < -0.4 is 0 Å². The molecule has 0 spiro atoms. The molecule has 0 amide bonds. The summed E-state index contributed by atoms with van der Waals surface area (Å²) in [5.41, 5.74) is 6.33. The topological polar surface area (TPSA) is 54.4 Å². The smallest absolute Gasteiger partial charge is 0.182 e. The van der Waals surface area contributed by atoms with Crippen LogP contribution in [0.1, 0.15) is 22.6 Å². The quantitative estimate of drug-likeness (QED) is 0.686. The van der Waals surface area contributed by atoms with E-state index in [0.29, 0.717) is 12.0 Å². The van der Waals surface area contributed by atoms with Crippen LogP contribution in [0.5, 0.6) is 0 Å². The number of carbonyl (C=O) groups excluding carboxylic acids is 2. The van der Waals surface area contributed by atoms with Crippen molar-refractivity contribution in [1.82, 2.24) is 0 Å². The molecule has 0 heterocycles. The van der Waals surface area contributed by atoms with Crippen molar-refractivity contribution >= 4 is 22.3 Å². The van der Waals surface area contributed by atoms with Gasteiger partial charge in [0.1, 0.15) is 0 Å². The lowest BCUT2D eigenvalue weighted by Gasteiger charge is -2.16. The Bertz CT molecular complexity index is 1210. The van der Waals surface area contributed by atoms with E-state index < -0.39 is 0 Å². The highest BCUT2D eigenvalue weighted by molar-refractivity contribution is 6.18. The van der Waals surface area contributed by atoms with Crippen LogP contribution in [0.2, 0.25) is 0 Å². The van der Waals surface area contributed by atoms with Crippen LogP contribution in [0.4, 0.5) is 0 Å². The van der Waals surface area contributed by atoms with Crippen LogP contribution in [0.25, 0.3) is 21.9 Å². The standard InChI is InChI=1S/C26H20O3/c27-13-12-16-4-6-17(7-5-16)20-10-8-18-14-23(22-3-1-2-21(20)26(18)22)24-15-19(28)9-11-25(24)29/h1-11,15,23,27H,12-14H2. The highest BCUT2D eigenvalue weighted by Crippen LogP contribution is 2.45. The van der Waals surface area contributed by atoms with Gasteiger partial charge in [-0.25, -0.2) is 0 Å². The van der Waals surface area contributed by atoms with Gasteiger partial charge in [0.2, 0.25) is 0 Å². The summed E-state index contributed by atoms with van der Waals surface area (Å²) in [4.78, 5) is 24.3. The van der Waals surface area contributed by atoms with Crippen molar-refractivity contribution in [2.75, 3.05) is 6.61 Å². The first-order valence-electron chi connectivity index (χ1n) is 9.88. The molecule has 1 N–H and O–H groups in total. The van der Waals surface area contributed by atoms with Crippen molar-refractivity contribution in [3.8, 4) is 11.1 Å². The average molecular weight is 380 g/mol. The summed E-state index contributed by atoms with van der Waals surface area (Å²) in [5, 5.41) is 11.5. The molecule has 0 fully saturated rings. The Morgan fingerprint density at radius 1 is 0.931 bits per heavy atom. The van der Waals surface area contributed by atoms with Crippen molar-refractivity contribution in [2.45, 2.75) is 18.8 Å². The molecular formula is C26H20O3. The Morgan fingerprint density at radius 2 is 1.76 bits per heavy atom. The van der Waals surface area contributed by atoms with E-state index in [1.807, 2.05) is 6.07 Å². The first kappa shape index (κ1) is 17.8. The molecule has 142 valence electrons. The summed E-state index contributed by atoms with van der Waals surface area (Å²) >= 11 is 0. The summed E-state index contributed by atoms with van der Waals surface area (Å²) < 4.78 is 0. The molecule has 3 heteroatoms. The lowest BCUT2D eigenvalue weighted by atomic mass is 9.86. The van der Waals surface area contributed by atoms with Gasteiger partial charge in [-0.3, -0.25) is 9.59 Å². The number of aliphatic hydroxyl groups excluding tert-OH is 1. The van der Waals surface area contributed by atoms with Gasteiger partial charge in [0.05, 0.1) is 0 Å². The molecule has 0 radical (unpaired) electrons. The second kappa shape index (κ2) is 6.94. The SMILES string of the molecule is O=C1C=CC(=O)C(C2Cc3ccc(-c4ccc(CCO)cc4)c4cccc2c34)=C1. The van der Waals surface area contributed by atoms with Crippen LogP contribution in [0, 0.1) is 0 Å². The lowest BCUT2D eigenvalue weighted by molar-refractivity contribution is -0.114. The summed E-state index contributed by atoms with van der Waals surface area (Å²) in [6.45, 7) is 0.147. The minimum Gasteiger partial charge on any atom is -0.396 e. The third kappa shape index (κ3) is 2.95. The Labute approximate surface area is 169 Å². The maximum absolute atomic E-state index is 12.4. The van der Waals surface area contributed by atoms with Gasteiger partial charge in [-0.2, -0.15) is 0 Å². The average Bonchev–Trinajstić information content (AvgIpc) is 3.11. The predicted molar refractivity (Wildman–Crippen MR) is 114 cm³/mol. The van der Waals surface area contributed by atoms with Gasteiger partial charge < -0.3 is 5.11 Å². The molecule has 0 saturated carbocycles. The van der Waals surface area contributed by atoms with Crippen molar-refractivity contribution < 1.29 is 14.7 Å². The molecule has 3 aromatic rings. The van der Waals surface area contributed by atoms with Crippen molar-refractivity contribution in [1.29, 1.82) is 0 Å². The molecular weight excluding hydrogens is 360 g/mol. The minimum atomic E-state index is -0.119. The van der Waals surface area contributed by atoms with Crippen LogP contribution in [-0.2, 0) is 22.4 Å². The molecule has 3 nitrogen and oxygen atoms in total. The zero-order valence-electron chi connectivity index (χ0n) is 15.9. The second-order valence-electron chi connectivity index (χ2n) is 7.67. The molecule has 0 aliphatic heterocycles. The Morgan fingerprint density at radius 3 is 2.55 bits per heavy atom. The van der Waals surface area contributed by atoms with Crippen molar-refractivity contribution in [3.05, 3.63) is 95.1 Å². The van der Waals surface area contributed by atoms with Gasteiger partial charge in [-0.15, -0.1) is 0 Å². The maximum Gasteiger partial charge on any atom is 0.182 e. The Hall–Kier alpha value is -3.30. The third-order valence-corrected chi connectivity index (χ3v) is 5.98. The summed E-state index contributed by atoms with van der Waals surface area (Å²) in [7, 11) is 0. The van der Waals surface area contributed by atoms with Crippen LogP contribution in [0.3, 0.4) is 0 Å². The summed E-state index contributed by atoms with van der Waals surface area (Å²) in [5.74, 6) is -0.261.